The second kappa shape index (κ2) is 12.1. The van der Waals surface area contributed by atoms with Crippen molar-refractivity contribution in [3.05, 3.63) is 112 Å². The molecule has 3 aromatic carbocycles. The monoisotopic (exact) mass is 485 g/mol. The van der Waals surface area contributed by atoms with Crippen molar-refractivity contribution < 1.29 is 14.5 Å². The third-order valence-electron chi connectivity index (χ3n) is 6.70. The fourth-order valence-corrected chi connectivity index (χ4v) is 4.80. The van der Waals surface area contributed by atoms with Crippen molar-refractivity contribution in [3.8, 4) is 0 Å². The number of nitrogens with one attached hydrogen (secondary N) is 1. The van der Waals surface area contributed by atoms with Crippen LogP contribution in [-0.2, 0) is 29.0 Å². The summed E-state index contributed by atoms with van der Waals surface area (Å²) >= 11 is 0. The summed E-state index contributed by atoms with van der Waals surface area (Å²) in [6, 6.07) is 24.8. The molecule has 0 radical (unpaired) electrons. The first kappa shape index (κ1) is 25.1. The number of para-hydroxylation sites is 1. The molecule has 3 aromatic rings. The van der Waals surface area contributed by atoms with E-state index < -0.39 is 11.0 Å². The van der Waals surface area contributed by atoms with Crippen molar-refractivity contribution in [3.63, 3.8) is 0 Å². The molecule has 1 saturated carbocycles. The molecule has 0 bridgehead atoms. The number of hydrogen-bond acceptors (Lipinski definition) is 4. The summed E-state index contributed by atoms with van der Waals surface area (Å²) in [5.41, 5.74) is 2.07. The van der Waals surface area contributed by atoms with Gasteiger partial charge in [-0.05, 0) is 24.0 Å². The van der Waals surface area contributed by atoms with Crippen LogP contribution in [0.4, 0.5) is 5.69 Å². The summed E-state index contributed by atoms with van der Waals surface area (Å²) in [6.07, 6.45) is 4.23. The average Bonchev–Trinajstić information content (AvgIpc) is 3.40. The lowest BCUT2D eigenvalue weighted by Gasteiger charge is -2.32. The largest absolute Gasteiger partial charge is 0.352 e. The number of nitro benzene ring substituents is 1. The molecule has 1 atom stereocenters. The van der Waals surface area contributed by atoms with Gasteiger partial charge in [-0.3, -0.25) is 19.7 Å². The zero-order valence-electron chi connectivity index (χ0n) is 20.2. The maximum absolute atomic E-state index is 13.8. The van der Waals surface area contributed by atoms with Gasteiger partial charge in [0.25, 0.3) is 5.69 Å². The number of carbonyl (C=O) groups is 2. The molecule has 1 unspecified atom stereocenters. The summed E-state index contributed by atoms with van der Waals surface area (Å²) in [4.78, 5) is 40.1. The van der Waals surface area contributed by atoms with E-state index in [1.54, 1.807) is 23.1 Å². The molecule has 7 heteroatoms. The third-order valence-corrected chi connectivity index (χ3v) is 6.70. The Kier molecular flexibility index (Phi) is 8.44. The van der Waals surface area contributed by atoms with Crippen molar-refractivity contribution in [2.45, 2.75) is 57.2 Å². The molecule has 0 saturated heterocycles. The quantitative estimate of drug-likeness (QED) is 0.329. The average molecular weight is 486 g/mol. The molecule has 186 valence electrons. The van der Waals surface area contributed by atoms with Crippen LogP contribution in [0.15, 0.2) is 84.9 Å². The predicted molar refractivity (Wildman–Crippen MR) is 138 cm³/mol. The van der Waals surface area contributed by atoms with E-state index in [-0.39, 0.29) is 36.5 Å². The number of nitro groups is 1. The molecular weight excluding hydrogens is 454 g/mol. The van der Waals surface area contributed by atoms with E-state index in [0.29, 0.717) is 12.0 Å². The molecule has 0 heterocycles. The van der Waals surface area contributed by atoms with Gasteiger partial charge in [-0.15, -0.1) is 0 Å². The lowest BCUT2D eigenvalue weighted by Crippen LogP contribution is -2.52. The predicted octanol–water partition coefficient (Wildman–Crippen LogP) is 4.84. The molecule has 0 aliphatic heterocycles. The molecule has 1 aliphatic rings. The molecule has 0 aromatic heterocycles. The molecule has 4 rings (SSSR count). The number of benzene rings is 3. The highest BCUT2D eigenvalue weighted by Crippen LogP contribution is 2.23. The standard InChI is InChI=1S/C29H31N3O4/c33-28(20-24-15-7-10-18-26(24)32(35)36)31(21-23-13-5-2-6-14-23)27(19-22-11-3-1-4-12-22)29(34)30-25-16-8-9-17-25/h1-7,10-15,18,25,27H,8-9,16-17,19-21H2,(H,30,34). The highest BCUT2D eigenvalue weighted by atomic mass is 16.6. The molecule has 2 amide bonds. The molecule has 1 fully saturated rings. The van der Waals surface area contributed by atoms with E-state index >= 15 is 0 Å². The maximum Gasteiger partial charge on any atom is 0.273 e. The summed E-state index contributed by atoms with van der Waals surface area (Å²) in [5, 5.41) is 14.7. The maximum atomic E-state index is 13.8. The SMILES string of the molecule is O=C(NC1CCCC1)C(Cc1ccccc1)N(Cc1ccccc1)C(=O)Cc1ccccc1[N+](=O)[O-]. The van der Waals surface area contributed by atoms with Gasteiger partial charge in [0, 0.05) is 30.6 Å². The van der Waals surface area contributed by atoms with Gasteiger partial charge < -0.3 is 10.2 Å². The Morgan fingerprint density at radius 2 is 1.47 bits per heavy atom. The van der Waals surface area contributed by atoms with Crippen LogP contribution in [-0.4, -0.2) is 33.7 Å². The Morgan fingerprint density at radius 3 is 2.11 bits per heavy atom. The number of hydrogen-bond donors (Lipinski definition) is 1. The van der Waals surface area contributed by atoms with Crippen LogP contribution in [0.25, 0.3) is 0 Å². The zero-order chi connectivity index (χ0) is 25.3. The first-order chi connectivity index (χ1) is 17.5. The van der Waals surface area contributed by atoms with Gasteiger partial charge in [-0.25, -0.2) is 0 Å². The van der Waals surface area contributed by atoms with Crippen LogP contribution in [0.5, 0.6) is 0 Å². The van der Waals surface area contributed by atoms with Crippen LogP contribution >= 0.6 is 0 Å². The van der Waals surface area contributed by atoms with Gasteiger partial charge in [-0.2, -0.15) is 0 Å². The Hall–Kier alpha value is -4.00. The minimum Gasteiger partial charge on any atom is -0.352 e. The minimum atomic E-state index is -0.747. The smallest absolute Gasteiger partial charge is 0.273 e. The molecule has 1 aliphatic carbocycles. The highest BCUT2D eigenvalue weighted by Gasteiger charge is 2.33. The zero-order valence-corrected chi connectivity index (χ0v) is 20.2. The lowest BCUT2D eigenvalue weighted by atomic mass is 10.0. The van der Waals surface area contributed by atoms with Crippen LogP contribution in [0.2, 0.25) is 0 Å². The number of rotatable bonds is 10. The normalized spacial score (nSPS) is 14.2. The Morgan fingerprint density at radius 1 is 0.889 bits per heavy atom. The lowest BCUT2D eigenvalue weighted by molar-refractivity contribution is -0.385. The van der Waals surface area contributed by atoms with Crippen molar-refractivity contribution in [1.29, 1.82) is 0 Å². The third kappa shape index (κ3) is 6.56. The van der Waals surface area contributed by atoms with E-state index in [4.69, 9.17) is 0 Å². The molecular formula is C29H31N3O4. The molecule has 36 heavy (non-hydrogen) atoms. The van der Waals surface area contributed by atoms with Crippen LogP contribution in [0, 0.1) is 10.1 Å². The second-order valence-corrected chi connectivity index (χ2v) is 9.27. The van der Waals surface area contributed by atoms with Crippen LogP contribution < -0.4 is 5.32 Å². The van der Waals surface area contributed by atoms with Gasteiger partial charge in [-0.1, -0.05) is 91.7 Å². The van der Waals surface area contributed by atoms with Gasteiger partial charge in [0.15, 0.2) is 0 Å². The summed E-state index contributed by atoms with van der Waals surface area (Å²) in [5.74, 6) is -0.506. The van der Waals surface area contributed by atoms with Crippen molar-refractivity contribution in [2.75, 3.05) is 0 Å². The van der Waals surface area contributed by atoms with E-state index in [1.165, 1.54) is 6.07 Å². The summed E-state index contributed by atoms with van der Waals surface area (Å²) < 4.78 is 0. The van der Waals surface area contributed by atoms with Gasteiger partial charge in [0.1, 0.15) is 6.04 Å². The van der Waals surface area contributed by atoms with Crippen molar-refractivity contribution >= 4 is 17.5 Å². The molecule has 0 spiro atoms. The summed E-state index contributed by atoms with van der Waals surface area (Å²) in [6.45, 7) is 0.232. The van der Waals surface area contributed by atoms with Crippen molar-refractivity contribution in [2.24, 2.45) is 0 Å². The fourth-order valence-electron chi connectivity index (χ4n) is 4.80. The Balaban J connectivity index is 1.67. The Bertz CT molecular complexity index is 1180. The first-order valence-electron chi connectivity index (χ1n) is 12.4. The minimum absolute atomic E-state index is 0.0967. The highest BCUT2D eigenvalue weighted by molar-refractivity contribution is 5.89. The molecule has 1 N–H and O–H groups in total. The summed E-state index contributed by atoms with van der Waals surface area (Å²) in [7, 11) is 0. The van der Waals surface area contributed by atoms with E-state index in [1.807, 2.05) is 60.7 Å². The second-order valence-electron chi connectivity index (χ2n) is 9.27. The van der Waals surface area contributed by atoms with E-state index in [9.17, 15) is 19.7 Å². The topological polar surface area (TPSA) is 92.6 Å². The van der Waals surface area contributed by atoms with Gasteiger partial charge in [0.05, 0.1) is 11.3 Å². The fraction of sp³-hybridized carbons (Fsp3) is 0.310. The number of amides is 2. The van der Waals surface area contributed by atoms with Crippen LogP contribution in [0.1, 0.15) is 42.4 Å². The van der Waals surface area contributed by atoms with Crippen molar-refractivity contribution in [1.82, 2.24) is 10.2 Å². The van der Waals surface area contributed by atoms with E-state index in [0.717, 1.165) is 36.8 Å². The first-order valence-corrected chi connectivity index (χ1v) is 12.4. The van der Waals surface area contributed by atoms with Gasteiger partial charge >= 0.3 is 0 Å². The number of nitrogens with zero attached hydrogens (tertiary/aromatic N) is 2. The molecule has 7 nitrogen and oxygen atoms in total. The van der Waals surface area contributed by atoms with Crippen LogP contribution in [0.3, 0.4) is 0 Å². The van der Waals surface area contributed by atoms with Gasteiger partial charge in [0.2, 0.25) is 11.8 Å². The Labute approximate surface area is 211 Å². The van der Waals surface area contributed by atoms with E-state index in [2.05, 4.69) is 5.32 Å². The number of carbonyl (C=O) groups excluding carboxylic acids is 2.